The number of ketones is 1. The minimum Gasteiger partial charge on any atom is -0.490 e. The van der Waals surface area contributed by atoms with Gasteiger partial charge in [-0.1, -0.05) is 11.6 Å². The molecule has 0 atom stereocenters. The first-order valence-corrected chi connectivity index (χ1v) is 11.3. The molecule has 0 aliphatic heterocycles. The minimum atomic E-state index is -0.730. The zero-order chi connectivity index (χ0) is 23.1. The van der Waals surface area contributed by atoms with Gasteiger partial charge in [0.15, 0.2) is 5.78 Å². The fourth-order valence-electron chi connectivity index (χ4n) is 3.86. The lowest BCUT2D eigenvalue weighted by molar-refractivity contribution is -0.143. The highest BCUT2D eigenvalue weighted by atomic mass is 35.5. The maximum Gasteiger partial charge on any atom is 0.306 e. The van der Waals surface area contributed by atoms with Crippen LogP contribution in [0.25, 0.3) is 0 Å². The number of nitrogens with one attached hydrogen (secondary N) is 1. The van der Waals surface area contributed by atoms with E-state index in [9.17, 15) is 14.4 Å². The summed E-state index contributed by atoms with van der Waals surface area (Å²) in [6.07, 6.45) is 3.59. The van der Waals surface area contributed by atoms with Crippen LogP contribution >= 0.6 is 11.6 Å². The molecule has 2 N–H and O–H groups in total. The van der Waals surface area contributed by atoms with Gasteiger partial charge in [-0.2, -0.15) is 0 Å². The van der Waals surface area contributed by atoms with Crippen molar-refractivity contribution in [1.82, 2.24) is 5.32 Å². The second-order valence-corrected chi connectivity index (χ2v) is 8.64. The van der Waals surface area contributed by atoms with Gasteiger partial charge in [0.25, 0.3) is 5.91 Å². The van der Waals surface area contributed by atoms with Crippen LogP contribution < -0.4 is 10.1 Å². The van der Waals surface area contributed by atoms with Crippen molar-refractivity contribution in [2.45, 2.75) is 51.6 Å². The molecule has 0 aromatic heterocycles. The molecule has 0 spiro atoms. The number of amides is 1. The summed E-state index contributed by atoms with van der Waals surface area (Å²) in [4.78, 5) is 35.7. The maximum absolute atomic E-state index is 12.5. The number of hydrogen-bond acceptors (Lipinski definition) is 4. The maximum atomic E-state index is 12.5. The number of benzene rings is 2. The summed E-state index contributed by atoms with van der Waals surface area (Å²) in [6.45, 7) is 2.31. The highest BCUT2D eigenvalue weighted by Crippen LogP contribution is 2.29. The zero-order valence-electron chi connectivity index (χ0n) is 18.1. The van der Waals surface area contributed by atoms with Crippen molar-refractivity contribution in [3.05, 3.63) is 64.2 Å². The molecule has 3 rings (SSSR count). The fourth-order valence-corrected chi connectivity index (χ4v) is 3.99. The van der Waals surface area contributed by atoms with Crippen LogP contribution in [0.2, 0.25) is 5.02 Å². The molecule has 1 fully saturated rings. The molecule has 1 amide bonds. The third-order valence-corrected chi connectivity index (χ3v) is 6.04. The van der Waals surface area contributed by atoms with Gasteiger partial charge in [-0.15, -0.1) is 0 Å². The first-order chi connectivity index (χ1) is 15.3. The number of halogens is 1. The number of rotatable bonds is 9. The molecular formula is C25H28ClNO5. The molecule has 0 bridgehead atoms. The summed E-state index contributed by atoms with van der Waals surface area (Å²) < 4.78 is 6.06. The molecule has 32 heavy (non-hydrogen) atoms. The predicted octanol–water partition coefficient (Wildman–Crippen LogP) is 5.06. The Morgan fingerprint density at radius 2 is 1.69 bits per heavy atom. The molecule has 2 aromatic rings. The van der Waals surface area contributed by atoms with E-state index in [1.165, 1.54) is 0 Å². The number of Topliss-reactive ketones (excluding diaryl/α,β-unsaturated/α-hetero) is 1. The number of aryl methyl sites for hydroxylation is 1. The lowest BCUT2D eigenvalue weighted by atomic mass is 9.87. The number of carbonyl (C=O) groups is 3. The van der Waals surface area contributed by atoms with E-state index in [2.05, 4.69) is 5.32 Å². The molecule has 2 aromatic carbocycles. The van der Waals surface area contributed by atoms with Gasteiger partial charge in [0.05, 0.1) is 12.0 Å². The minimum absolute atomic E-state index is 0.00935. The fraction of sp³-hybridized carbons (Fsp3) is 0.400. The molecule has 170 valence electrons. The van der Waals surface area contributed by atoms with E-state index in [0.29, 0.717) is 48.4 Å². The number of carboxylic acid groups (broad SMARTS) is 1. The van der Waals surface area contributed by atoms with Crippen molar-refractivity contribution >= 4 is 29.3 Å². The predicted molar refractivity (Wildman–Crippen MR) is 123 cm³/mol. The Bertz CT molecular complexity index is 965. The van der Waals surface area contributed by atoms with Crippen LogP contribution in [0.5, 0.6) is 5.75 Å². The third kappa shape index (κ3) is 6.57. The normalized spacial score (nSPS) is 18.1. The van der Waals surface area contributed by atoms with E-state index < -0.39 is 5.97 Å². The monoisotopic (exact) mass is 457 g/mol. The Kier molecular flexibility index (Phi) is 8.28. The average Bonchev–Trinajstić information content (AvgIpc) is 2.78. The number of carbonyl (C=O) groups excluding carboxylic acids is 2. The van der Waals surface area contributed by atoms with Crippen molar-refractivity contribution in [2.24, 2.45) is 5.92 Å². The summed E-state index contributed by atoms with van der Waals surface area (Å²) in [5.74, 6) is -0.444. The SMILES string of the molecule is Cc1cc(C(=O)CCCNC(=O)c2ccc(Cl)cc2)ccc1OC1CCC(C(=O)O)CC1. The van der Waals surface area contributed by atoms with Gasteiger partial charge in [0, 0.05) is 29.1 Å². The van der Waals surface area contributed by atoms with Crippen LogP contribution in [-0.4, -0.2) is 35.4 Å². The van der Waals surface area contributed by atoms with E-state index in [0.717, 1.165) is 24.2 Å². The topological polar surface area (TPSA) is 92.7 Å². The van der Waals surface area contributed by atoms with Gasteiger partial charge < -0.3 is 15.2 Å². The van der Waals surface area contributed by atoms with Gasteiger partial charge in [0.1, 0.15) is 5.75 Å². The molecule has 0 radical (unpaired) electrons. The Labute approximate surface area is 192 Å². The van der Waals surface area contributed by atoms with Crippen LogP contribution in [-0.2, 0) is 4.79 Å². The highest BCUT2D eigenvalue weighted by molar-refractivity contribution is 6.30. The van der Waals surface area contributed by atoms with E-state index in [1.54, 1.807) is 30.3 Å². The summed E-state index contributed by atoms with van der Waals surface area (Å²) in [5, 5.41) is 12.5. The Hall–Kier alpha value is -2.86. The number of aliphatic carboxylic acids is 1. The molecule has 0 unspecified atom stereocenters. The molecule has 7 heteroatoms. The molecule has 1 aliphatic rings. The summed E-state index contributed by atoms with van der Waals surface area (Å²) >= 11 is 5.82. The molecule has 0 heterocycles. The van der Waals surface area contributed by atoms with Crippen molar-refractivity contribution in [1.29, 1.82) is 0 Å². The average molecular weight is 458 g/mol. The summed E-state index contributed by atoms with van der Waals surface area (Å²) in [6, 6.07) is 12.0. The quantitative estimate of drug-likeness (QED) is 0.405. The van der Waals surface area contributed by atoms with Crippen LogP contribution in [0, 0.1) is 12.8 Å². The first-order valence-electron chi connectivity index (χ1n) is 10.9. The van der Waals surface area contributed by atoms with E-state index in [4.69, 9.17) is 21.4 Å². The van der Waals surface area contributed by atoms with Crippen molar-refractivity contribution in [3.8, 4) is 5.75 Å². The lowest BCUT2D eigenvalue weighted by Gasteiger charge is -2.27. The van der Waals surface area contributed by atoms with Gasteiger partial charge in [0.2, 0.25) is 0 Å². The summed E-state index contributed by atoms with van der Waals surface area (Å²) in [7, 11) is 0. The number of ether oxygens (including phenoxy) is 1. The summed E-state index contributed by atoms with van der Waals surface area (Å²) in [5.41, 5.74) is 2.03. The largest absolute Gasteiger partial charge is 0.490 e. The molecular weight excluding hydrogens is 430 g/mol. The third-order valence-electron chi connectivity index (χ3n) is 5.79. The second-order valence-electron chi connectivity index (χ2n) is 8.20. The Morgan fingerprint density at radius 3 is 2.31 bits per heavy atom. The molecule has 6 nitrogen and oxygen atoms in total. The first kappa shape index (κ1) is 23.8. The van der Waals surface area contributed by atoms with Gasteiger partial charge in [-0.3, -0.25) is 14.4 Å². The molecule has 0 saturated heterocycles. The number of hydrogen-bond donors (Lipinski definition) is 2. The number of carboxylic acids is 1. The van der Waals surface area contributed by atoms with Gasteiger partial charge in [-0.25, -0.2) is 0 Å². The lowest BCUT2D eigenvalue weighted by Crippen LogP contribution is -2.28. The van der Waals surface area contributed by atoms with Gasteiger partial charge in [-0.05, 0) is 87.1 Å². The van der Waals surface area contributed by atoms with E-state index in [-0.39, 0.29) is 23.7 Å². The van der Waals surface area contributed by atoms with E-state index >= 15 is 0 Å². The standard InChI is InChI=1S/C25H28ClNO5/c1-16-15-19(8-13-23(16)32-21-11-6-18(7-12-21)25(30)31)22(28)3-2-14-27-24(29)17-4-9-20(26)10-5-17/h4-5,8-10,13,15,18,21H,2-3,6-7,11-12,14H2,1H3,(H,27,29)(H,30,31). The second kappa shape index (κ2) is 11.1. The van der Waals surface area contributed by atoms with E-state index in [1.807, 2.05) is 19.1 Å². The smallest absolute Gasteiger partial charge is 0.306 e. The highest BCUT2D eigenvalue weighted by Gasteiger charge is 2.27. The Balaban J connectivity index is 1.44. The van der Waals surface area contributed by atoms with Gasteiger partial charge >= 0.3 is 5.97 Å². The van der Waals surface area contributed by atoms with Crippen molar-refractivity contribution in [3.63, 3.8) is 0 Å². The van der Waals surface area contributed by atoms with Crippen LogP contribution in [0.3, 0.4) is 0 Å². The van der Waals surface area contributed by atoms with Crippen LogP contribution in [0.4, 0.5) is 0 Å². The molecule has 1 saturated carbocycles. The van der Waals surface area contributed by atoms with Crippen molar-refractivity contribution in [2.75, 3.05) is 6.54 Å². The zero-order valence-corrected chi connectivity index (χ0v) is 18.9. The van der Waals surface area contributed by atoms with Crippen LogP contribution in [0.15, 0.2) is 42.5 Å². The van der Waals surface area contributed by atoms with Crippen LogP contribution in [0.1, 0.15) is 64.8 Å². The Morgan fingerprint density at radius 1 is 1.03 bits per heavy atom. The van der Waals surface area contributed by atoms with Crippen molar-refractivity contribution < 1.29 is 24.2 Å². The molecule has 1 aliphatic carbocycles.